The van der Waals surface area contributed by atoms with Crippen molar-refractivity contribution in [1.29, 1.82) is 0 Å². The average Bonchev–Trinajstić information content (AvgIpc) is 3.22. The Bertz CT molecular complexity index is 1090. The van der Waals surface area contributed by atoms with Gasteiger partial charge in [0.15, 0.2) is 9.84 Å². The Kier molecular flexibility index (Phi) is 4.24. The number of amides is 1. The van der Waals surface area contributed by atoms with E-state index in [9.17, 15) is 13.2 Å². The van der Waals surface area contributed by atoms with Gasteiger partial charge in [-0.1, -0.05) is 24.3 Å². The number of para-hydroxylation sites is 1. The minimum absolute atomic E-state index is 0.0359. The van der Waals surface area contributed by atoms with Crippen LogP contribution in [0.25, 0.3) is 11.0 Å². The second-order valence-corrected chi connectivity index (χ2v) is 9.01. The second kappa shape index (κ2) is 6.44. The SMILES string of the molecule is C[C@@H]1Cc2ccccc2N1C(=O)CCS(=O)(=O)c1cccc2nsnc12. The lowest BCUT2D eigenvalue weighted by Gasteiger charge is -2.22. The number of anilines is 1. The lowest BCUT2D eigenvalue weighted by atomic mass is 10.1. The highest BCUT2D eigenvalue weighted by Gasteiger charge is 2.31. The number of hydrogen-bond donors (Lipinski definition) is 0. The molecule has 1 aliphatic heterocycles. The van der Waals surface area contributed by atoms with E-state index in [0.717, 1.165) is 29.4 Å². The number of carbonyl (C=O) groups is 1. The molecule has 6 nitrogen and oxygen atoms in total. The van der Waals surface area contributed by atoms with E-state index in [2.05, 4.69) is 8.75 Å². The van der Waals surface area contributed by atoms with Gasteiger partial charge in [-0.3, -0.25) is 4.79 Å². The van der Waals surface area contributed by atoms with Crippen LogP contribution in [0.1, 0.15) is 18.9 Å². The van der Waals surface area contributed by atoms with Gasteiger partial charge >= 0.3 is 0 Å². The van der Waals surface area contributed by atoms with E-state index in [1.807, 2.05) is 31.2 Å². The first-order valence-corrected chi connectivity index (χ1v) is 10.7. The number of carbonyl (C=O) groups excluding carboxylic acids is 1. The summed E-state index contributed by atoms with van der Waals surface area (Å²) < 4.78 is 33.7. The van der Waals surface area contributed by atoms with Crippen LogP contribution in [0.3, 0.4) is 0 Å². The van der Waals surface area contributed by atoms with Crippen molar-refractivity contribution in [3.8, 4) is 0 Å². The summed E-state index contributed by atoms with van der Waals surface area (Å²) in [6.07, 6.45) is 0.730. The number of aromatic nitrogens is 2. The van der Waals surface area contributed by atoms with Crippen molar-refractivity contribution >= 4 is 44.2 Å². The van der Waals surface area contributed by atoms with Crippen LogP contribution in [0.4, 0.5) is 5.69 Å². The molecule has 26 heavy (non-hydrogen) atoms. The molecule has 0 saturated carbocycles. The predicted molar refractivity (Wildman–Crippen MR) is 101 cm³/mol. The molecule has 0 aliphatic carbocycles. The minimum atomic E-state index is -3.62. The van der Waals surface area contributed by atoms with E-state index in [0.29, 0.717) is 11.0 Å². The Balaban J connectivity index is 1.55. The maximum Gasteiger partial charge on any atom is 0.228 e. The fourth-order valence-corrected chi connectivity index (χ4v) is 5.43. The number of nitrogens with zero attached hydrogens (tertiary/aromatic N) is 3. The average molecular weight is 387 g/mol. The Morgan fingerprint density at radius 3 is 2.85 bits per heavy atom. The molecule has 4 rings (SSSR count). The van der Waals surface area contributed by atoms with Crippen LogP contribution in [0, 0.1) is 0 Å². The molecule has 3 aromatic rings. The van der Waals surface area contributed by atoms with Crippen molar-refractivity contribution < 1.29 is 13.2 Å². The smallest absolute Gasteiger partial charge is 0.228 e. The summed E-state index contributed by atoms with van der Waals surface area (Å²) in [4.78, 5) is 14.6. The lowest BCUT2D eigenvalue weighted by Crippen LogP contribution is -2.36. The van der Waals surface area contributed by atoms with E-state index in [4.69, 9.17) is 0 Å². The molecule has 0 saturated heterocycles. The van der Waals surface area contributed by atoms with Gasteiger partial charge in [-0.15, -0.1) is 0 Å². The first kappa shape index (κ1) is 17.1. The normalized spacial score (nSPS) is 16.8. The molecular formula is C18H17N3O3S2. The molecule has 0 unspecified atom stereocenters. The van der Waals surface area contributed by atoms with Crippen LogP contribution in [0.2, 0.25) is 0 Å². The van der Waals surface area contributed by atoms with Crippen LogP contribution >= 0.6 is 11.7 Å². The highest BCUT2D eigenvalue weighted by atomic mass is 32.2. The molecule has 0 fully saturated rings. The summed E-state index contributed by atoms with van der Waals surface area (Å²) in [6, 6.07) is 12.7. The van der Waals surface area contributed by atoms with E-state index >= 15 is 0 Å². The first-order chi connectivity index (χ1) is 12.5. The second-order valence-electron chi connectivity index (χ2n) is 6.40. The third-order valence-electron chi connectivity index (χ3n) is 4.64. The van der Waals surface area contributed by atoms with Crippen molar-refractivity contribution in [2.45, 2.75) is 30.7 Å². The zero-order valence-corrected chi connectivity index (χ0v) is 15.8. The van der Waals surface area contributed by atoms with Crippen LogP contribution in [-0.2, 0) is 21.1 Å². The van der Waals surface area contributed by atoms with Gasteiger partial charge in [-0.2, -0.15) is 8.75 Å². The highest BCUT2D eigenvalue weighted by molar-refractivity contribution is 7.91. The number of rotatable bonds is 4. The summed E-state index contributed by atoms with van der Waals surface area (Å²) in [6.45, 7) is 1.98. The molecule has 1 amide bonds. The van der Waals surface area contributed by atoms with Gasteiger partial charge in [0.2, 0.25) is 5.91 Å². The Morgan fingerprint density at radius 2 is 2.00 bits per heavy atom. The zero-order valence-electron chi connectivity index (χ0n) is 14.1. The van der Waals surface area contributed by atoms with Gasteiger partial charge in [0.25, 0.3) is 0 Å². The van der Waals surface area contributed by atoms with Crippen molar-refractivity contribution in [3.63, 3.8) is 0 Å². The molecule has 2 aromatic carbocycles. The standard InChI is InChI=1S/C18H17N3O3S2/c1-12-11-13-5-2-3-7-15(13)21(12)17(22)9-10-26(23,24)16-8-4-6-14-18(16)20-25-19-14/h2-8,12H,9-11H2,1H3/t12-/m1/s1. The van der Waals surface area contributed by atoms with Gasteiger partial charge in [0, 0.05) is 18.2 Å². The van der Waals surface area contributed by atoms with Gasteiger partial charge in [-0.25, -0.2) is 8.42 Å². The zero-order chi connectivity index (χ0) is 18.3. The maximum atomic E-state index is 12.8. The number of sulfone groups is 1. The Morgan fingerprint density at radius 1 is 1.19 bits per heavy atom. The summed E-state index contributed by atoms with van der Waals surface area (Å²) >= 11 is 0.981. The number of fused-ring (bicyclic) bond motifs is 2. The molecular weight excluding hydrogens is 370 g/mol. The monoisotopic (exact) mass is 387 g/mol. The van der Waals surface area contributed by atoms with E-state index in [-0.39, 0.29) is 29.0 Å². The molecule has 8 heteroatoms. The first-order valence-electron chi connectivity index (χ1n) is 8.31. The van der Waals surface area contributed by atoms with Gasteiger partial charge < -0.3 is 4.90 Å². The van der Waals surface area contributed by atoms with Crippen LogP contribution in [-0.4, -0.2) is 34.9 Å². The van der Waals surface area contributed by atoms with Gasteiger partial charge in [-0.05, 0) is 37.1 Å². The Labute approximate surface area is 155 Å². The highest BCUT2D eigenvalue weighted by Crippen LogP contribution is 2.32. The number of hydrogen-bond acceptors (Lipinski definition) is 6. The van der Waals surface area contributed by atoms with Crippen LogP contribution in [0.5, 0.6) is 0 Å². The van der Waals surface area contributed by atoms with E-state index < -0.39 is 9.84 Å². The molecule has 0 radical (unpaired) electrons. The van der Waals surface area contributed by atoms with Crippen LogP contribution in [0.15, 0.2) is 47.4 Å². The molecule has 2 heterocycles. The predicted octanol–water partition coefficient (Wildman–Crippen LogP) is 2.83. The molecule has 1 atom stereocenters. The van der Waals surface area contributed by atoms with Crippen LogP contribution < -0.4 is 4.90 Å². The minimum Gasteiger partial charge on any atom is -0.309 e. The topological polar surface area (TPSA) is 80.2 Å². The molecule has 0 N–H and O–H groups in total. The molecule has 0 bridgehead atoms. The molecule has 1 aliphatic rings. The van der Waals surface area contributed by atoms with Gasteiger partial charge in [0.1, 0.15) is 11.0 Å². The number of benzene rings is 2. The molecule has 0 spiro atoms. The summed E-state index contributed by atoms with van der Waals surface area (Å²) in [5.74, 6) is -0.414. The third-order valence-corrected chi connectivity index (χ3v) is 6.93. The fourth-order valence-electron chi connectivity index (χ4n) is 3.43. The van der Waals surface area contributed by atoms with Crippen molar-refractivity contribution in [2.75, 3.05) is 10.7 Å². The largest absolute Gasteiger partial charge is 0.309 e. The van der Waals surface area contributed by atoms with Crippen molar-refractivity contribution in [3.05, 3.63) is 48.0 Å². The summed E-state index contributed by atoms with van der Waals surface area (Å²) in [5.41, 5.74) is 2.94. The van der Waals surface area contributed by atoms with Crippen molar-refractivity contribution in [2.24, 2.45) is 0 Å². The molecule has 1 aromatic heterocycles. The quantitative estimate of drug-likeness (QED) is 0.688. The molecule has 134 valence electrons. The van der Waals surface area contributed by atoms with E-state index in [1.54, 1.807) is 17.0 Å². The van der Waals surface area contributed by atoms with Crippen molar-refractivity contribution in [1.82, 2.24) is 8.75 Å². The fraction of sp³-hybridized carbons (Fsp3) is 0.278. The maximum absolute atomic E-state index is 12.8. The van der Waals surface area contributed by atoms with Gasteiger partial charge in [0.05, 0.1) is 22.4 Å². The van der Waals surface area contributed by atoms with E-state index in [1.165, 1.54) is 6.07 Å². The third kappa shape index (κ3) is 2.89. The summed E-state index contributed by atoms with van der Waals surface area (Å²) in [5, 5.41) is 0. The lowest BCUT2D eigenvalue weighted by molar-refractivity contribution is -0.118. The summed E-state index contributed by atoms with van der Waals surface area (Å²) in [7, 11) is -3.62. The Hall–Kier alpha value is -2.32.